The summed E-state index contributed by atoms with van der Waals surface area (Å²) in [4.78, 5) is 10.6. The Balaban J connectivity index is 2.67. The molecule has 5 atom stereocenters. The number of hydrogen-bond donors (Lipinski definition) is 5. The SMILES string of the molecule is O=C(O)C(O)[C@H](O)[C@H](CO)C1CCO[C@@H](CO)C1. The molecule has 0 aromatic heterocycles. The molecule has 1 fully saturated rings. The van der Waals surface area contributed by atoms with E-state index in [0.29, 0.717) is 19.4 Å². The molecular weight excluding hydrogens is 244 g/mol. The molecule has 1 rings (SSSR count). The first-order valence-electron chi connectivity index (χ1n) is 5.93. The maximum Gasteiger partial charge on any atom is 0.335 e. The monoisotopic (exact) mass is 264 g/mol. The Kier molecular flexibility index (Phi) is 5.97. The van der Waals surface area contributed by atoms with Crippen molar-refractivity contribution in [2.75, 3.05) is 19.8 Å². The Morgan fingerprint density at radius 3 is 2.50 bits per heavy atom. The second kappa shape index (κ2) is 7.01. The van der Waals surface area contributed by atoms with Crippen molar-refractivity contribution in [3.05, 3.63) is 0 Å². The van der Waals surface area contributed by atoms with Gasteiger partial charge in [-0.3, -0.25) is 0 Å². The molecular formula is C11H20O7. The van der Waals surface area contributed by atoms with Gasteiger partial charge in [0.1, 0.15) is 0 Å². The summed E-state index contributed by atoms with van der Waals surface area (Å²) in [5, 5.41) is 46.0. The number of ether oxygens (including phenoxy) is 1. The molecule has 106 valence electrons. The van der Waals surface area contributed by atoms with Crippen molar-refractivity contribution < 1.29 is 35.1 Å². The summed E-state index contributed by atoms with van der Waals surface area (Å²) < 4.78 is 5.25. The molecule has 0 radical (unpaired) electrons. The number of rotatable bonds is 6. The Hall–Kier alpha value is -0.730. The first-order chi connectivity index (χ1) is 8.51. The van der Waals surface area contributed by atoms with E-state index in [1.807, 2.05) is 0 Å². The van der Waals surface area contributed by atoms with Crippen LogP contribution in [0, 0.1) is 11.8 Å². The molecule has 18 heavy (non-hydrogen) atoms. The maximum absolute atomic E-state index is 10.6. The van der Waals surface area contributed by atoms with Crippen molar-refractivity contribution >= 4 is 5.97 Å². The predicted octanol–water partition coefficient (Wildman–Crippen LogP) is -1.81. The largest absolute Gasteiger partial charge is 0.479 e. The van der Waals surface area contributed by atoms with E-state index < -0.39 is 30.7 Å². The smallest absolute Gasteiger partial charge is 0.335 e. The fourth-order valence-corrected chi connectivity index (χ4v) is 2.34. The first-order valence-corrected chi connectivity index (χ1v) is 5.93. The summed E-state index contributed by atoms with van der Waals surface area (Å²) >= 11 is 0. The molecule has 0 aromatic carbocycles. The van der Waals surface area contributed by atoms with Crippen molar-refractivity contribution in [2.24, 2.45) is 11.8 Å². The first kappa shape index (κ1) is 15.3. The Morgan fingerprint density at radius 2 is 2.00 bits per heavy atom. The lowest BCUT2D eigenvalue weighted by molar-refractivity contribution is -0.159. The summed E-state index contributed by atoms with van der Waals surface area (Å²) in [6.45, 7) is -0.206. The van der Waals surface area contributed by atoms with Gasteiger partial charge >= 0.3 is 5.97 Å². The maximum atomic E-state index is 10.6. The van der Waals surface area contributed by atoms with Gasteiger partial charge in [0, 0.05) is 19.1 Å². The third kappa shape index (κ3) is 3.63. The summed E-state index contributed by atoms with van der Waals surface area (Å²) in [5.41, 5.74) is 0. The minimum atomic E-state index is -1.92. The molecule has 0 spiro atoms. The van der Waals surface area contributed by atoms with E-state index in [-0.39, 0.29) is 18.6 Å². The molecule has 1 heterocycles. The van der Waals surface area contributed by atoms with Crippen molar-refractivity contribution in [2.45, 2.75) is 31.2 Å². The summed E-state index contributed by atoms with van der Waals surface area (Å²) in [6.07, 6.45) is -2.85. The third-order valence-corrected chi connectivity index (χ3v) is 3.44. The zero-order valence-corrected chi connectivity index (χ0v) is 9.97. The van der Waals surface area contributed by atoms with Crippen LogP contribution in [0.4, 0.5) is 0 Å². The number of carboxylic acids is 1. The molecule has 0 amide bonds. The van der Waals surface area contributed by atoms with Gasteiger partial charge in [0.2, 0.25) is 0 Å². The topological polar surface area (TPSA) is 127 Å². The van der Waals surface area contributed by atoms with Gasteiger partial charge in [-0.05, 0) is 18.8 Å². The van der Waals surface area contributed by atoms with E-state index in [1.165, 1.54) is 0 Å². The van der Waals surface area contributed by atoms with E-state index in [4.69, 9.17) is 14.9 Å². The third-order valence-electron chi connectivity index (χ3n) is 3.44. The number of hydrogen-bond acceptors (Lipinski definition) is 6. The minimum Gasteiger partial charge on any atom is -0.479 e. The van der Waals surface area contributed by atoms with Crippen LogP contribution in [0.3, 0.4) is 0 Å². The highest BCUT2D eigenvalue weighted by molar-refractivity contribution is 5.72. The van der Waals surface area contributed by atoms with Crippen molar-refractivity contribution in [3.8, 4) is 0 Å². The summed E-state index contributed by atoms with van der Waals surface area (Å²) in [5.74, 6) is -2.45. The fourth-order valence-electron chi connectivity index (χ4n) is 2.34. The second-order valence-electron chi connectivity index (χ2n) is 4.58. The van der Waals surface area contributed by atoms with Gasteiger partial charge in [0.05, 0.1) is 18.8 Å². The number of aliphatic hydroxyl groups is 4. The van der Waals surface area contributed by atoms with Crippen molar-refractivity contribution in [1.29, 1.82) is 0 Å². The Morgan fingerprint density at radius 1 is 1.33 bits per heavy atom. The van der Waals surface area contributed by atoms with Gasteiger partial charge in [-0.2, -0.15) is 0 Å². The van der Waals surface area contributed by atoms with Crippen LogP contribution in [0.2, 0.25) is 0 Å². The highest BCUT2D eigenvalue weighted by atomic mass is 16.5. The van der Waals surface area contributed by atoms with Crippen LogP contribution in [0.5, 0.6) is 0 Å². The van der Waals surface area contributed by atoms with Crippen LogP contribution in [-0.2, 0) is 9.53 Å². The highest BCUT2D eigenvalue weighted by Gasteiger charge is 2.38. The molecule has 0 saturated carbocycles. The lowest BCUT2D eigenvalue weighted by Gasteiger charge is -2.36. The number of carbonyl (C=O) groups is 1. The molecule has 2 unspecified atom stereocenters. The zero-order valence-electron chi connectivity index (χ0n) is 9.97. The average molecular weight is 264 g/mol. The van der Waals surface area contributed by atoms with Crippen LogP contribution in [0.25, 0.3) is 0 Å². The summed E-state index contributed by atoms with van der Waals surface area (Å²) in [7, 11) is 0. The molecule has 0 bridgehead atoms. The number of carboxylic acid groups (broad SMARTS) is 1. The Bertz CT molecular complexity index is 270. The van der Waals surface area contributed by atoms with E-state index >= 15 is 0 Å². The quantitative estimate of drug-likeness (QED) is 0.382. The van der Waals surface area contributed by atoms with Crippen LogP contribution < -0.4 is 0 Å². The molecule has 5 N–H and O–H groups in total. The van der Waals surface area contributed by atoms with Gasteiger partial charge in [0.15, 0.2) is 6.10 Å². The molecule has 7 nitrogen and oxygen atoms in total. The predicted molar refractivity (Wildman–Crippen MR) is 59.8 cm³/mol. The van der Waals surface area contributed by atoms with Gasteiger partial charge in [-0.15, -0.1) is 0 Å². The second-order valence-corrected chi connectivity index (χ2v) is 4.58. The molecule has 0 aliphatic carbocycles. The molecule has 0 aromatic rings. The van der Waals surface area contributed by atoms with Crippen LogP contribution in [0.15, 0.2) is 0 Å². The normalized spacial score (nSPS) is 29.6. The summed E-state index contributed by atoms with van der Waals surface area (Å²) in [6, 6.07) is 0. The number of aliphatic carboxylic acids is 1. The van der Waals surface area contributed by atoms with Gasteiger partial charge < -0.3 is 30.3 Å². The van der Waals surface area contributed by atoms with E-state index in [2.05, 4.69) is 0 Å². The lowest BCUT2D eigenvalue weighted by atomic mass is 9.79. The average Bonchev–Trinajstić information content (AvgIpc) is 2.38. The van der Waals surface area contributed by atoms with Crippen molar-refractivity contribution in [1.82, 2.24) is 0 Å². The molecule has 7 heteroatoms. The fraction of sp³-hybridized carbons (Fsp3) is 0.909. The lowest BCUT2D eigenvalue weighted by Crippen LogP contribution is -2.46. The number of aliphatic hydroxyl groups excluding tert-OH is 4. The van der Waals surface area contributed by atoms with Crippen LogP contribution in [-0.4, -0.2) is 69.6 Å². The van der Waals surface area contributed by atoms with E-state index in [9.17, 15) is 20.1 Å². The molecule has 1 aliphatic rings. The van der Waals surface area contributed by atoms with E-state index in [0.717, 1.165) is 0 Å². The van der Waals surface area contributed by atoms with Gasteiger partial charge in [-0.1, -0.05) is 0 Å². The van der Waals surface area contributed by atoms with Crippen LogP contribution in [0.1, 0.15) is 12.8 Å². The molecule has 1 saturated heterocycles. The van der Waals surface area contributed by atoms with Gasteiger partial charge in [-0.25, -0.2) is 4.79 Å². The van der Waals surface area contributed by atoms with Crippen LogP contribution >= 0.6 is 0 Å². The van der Waals surface area contributed by atoms with Gasteiger partial charge in [0.25, 0.3) is 0 Å². The zero-order chi connectivity index (χ0) is 13.7. The standard InChI is InChI=1S/C11H20O7/c12-4-7-3-6(1-2-18-7)8(5-13)9(14)10(15)11(16)17/h6-10,12-15H,1-5H2,(H,16,17)/t6?,7-,8-,9-,10?/m1/s1. The minimum absolute atomic E-state index is 0.160. The van der Waals surface area contributed by atoms with E-state index in [1.54, 1.807) is 0 Å². The van der Waals surface area contributed by atoms with Crippen molar-refractivity contribution in [3.63, 3.8) is 0 Å². The Labute approximate surface area is 105 Å². The highest BCUT2D eigenvalue weighted by Crippen LogP contribution is 2.30. The molecule has 1 aliphatic heterocycles.